The zero-order chi connectivity index (χ0) is 10.9. The van der Waals surface area contributed by atoms with E-state index in [9.17, 15) is 12.9 Å². The Morgan fingerprint density at radius 3 is 2.31 bits per heavy atom. The van der Waals surface area contributed by atoms with Gasteiger partial charge in [0.2, 0.25) is 0 Å². The van der Waals surface area contributed by atoms with Crippen LogP contribution in [0.5, 0.6) is 0 Å². The van der Waals surface area contributed by atoms with Gasteiger partial charge in [-0.05, 0) is 44.6 Å². The summed E-state index contributed by atoms with van der Waals surface area (Å²) in [7, 11) is 0. The number of rotatable bonds is 2. The van der Waals surface area contributed by atoms with E-state index >= 15 is 0 Å². The van der Waals surface area contributed by atoms with Gasteiger partial charge in [0, 0.05) is 6.04 Å². The first-order chi connectivity index (χ1) is 7.06. The van der Waals surface area contributed by atoms with Gasteiger partial charge in [0.15, 0.2) is 0 Å². The Hall–Kier alpha value is 1.45. The molecule has 1 nitrogen and oxygen atoms in total. The molecule has 0 bridgehead atoms. The topological polar surface area (TPSA) is 3.24 Å². The molecule has 1 heterocycles. The average molecular weight is 259 g/mol. The molecular weight excluding hydrogens is 241 g/mol. The van der Waals surface area contributed by atoms with Crippen LogP contribution in [0.2, 0.25) is 0 Å². The second-order valence-electron chi connectivity index (χ2n) is 4.96. The molecule has 0 spiro atoms. The molecule has 0 amide bonds. The van der Waals surface area contributed by atoms with Gasteiger partial charge in [-0.2, -0.15) is 0 Å². The van der Waals surface area contributed by atoms with Crippen LogP contribution in [0.4, 0.5) is 12.9 Å². The number of nitrogens with zero attached hydrogens (tertiary/aromatic N) is 1. The number of hydrogen-bond acceptors (Lipinski definition) is 1. The van der Waals surface area contributed by atoms with Crippen molar-refractivity contribution in [1.82, 2.24) is 4.90 Å². The molecule has 0 aromatic carbocycles. The molecule has 0 aromatic heterocycles. The van der Waals surface area contributed by atoms with Crippen molar-refractivity contribution in [3.63, 3.8) is 0 Å². The largest absolute Gasteiger partial charge is 1.00 e. The summed E-state index contributed by atoms with van der Waals surface area (Å²) in [5.41, 5.74) is 0. The van der Waals surface area contributed by atoms with Crippen LogP contribution in [0, 0.1) is 5.92 Å². The van der Waals surface area contributed by atoms with E-state index in [0.29, 0.717) is 12.5 Å². The van der Waals surface area contributed by atoms with Gasteiger partial charge in [0.25, 0.3) is 0 Å². The number of fused-ring (bicyclic) bond motifs is 1. The zero-order valence-corrected chi connectivity index (χ0v) is 13.1. The summed E-state index contributed by atoms with van der Waals surface area (Å²) in [6, 6.07) is 0.232. The molecule has 16 heavy (non-hydrogen) atoms. The summed E-state index contributed by atoms with van der Waals surface area (Å²) < 4.78 is 37.3. The molecule has 2 aliphatic rings. The molecule has 0 radical (unpaired) electrons. The van der Waals surface area contributed by atoms with Gasteiger partial charge in [-0.3, -0.25) is 0 Å². The smallest absolute Gasteiger partial charge is 0.448 e. The van der Waals surface area contributed by atoms with E-state index in [1.807, 2.05) is 0 Å². The summed E-state index contributed by atoms with van der Waals surface area (Å²) in [4.78, 5) is 1.70. The average Bonchev–Trinajstić information content (AvgIpc) is 2.16. The molecule has 0 N–H and O–H groups in total. The van der Waals surface area contributed by atoms with E-state index in [4.69, 9.17) is 0 Å². The number of halogens is 3. The van der Waals surface area contributed by atoms with E-state index in [1.165, 1.54) is 6.42 Å². The molecule has 1 aliphatic carbocycles. The van der Waals surface area contributed by atoms with Gasteiger partial charge >= 0.3 is 58.4 Å². The fourth-order valence-corrected chi connectivity index (χ4v) is 3.22. The predicted molar refractivity (Wildman–Crippen MR) is 55.6 cm³/mol. The molecule has 2 atom stereocenters. The first-order valence-corrected chi connectivity index (χ1v) is 6.01. The van der Waals surface area contributed by atoms with Gasteiger partial charge in [-0.1, -0.05) is 12.8 Å². The molecule has 1 saturated carbocycles. The normalized spacial score (nSPS) is 31.7. The summed E-state index contributed by atoms with van der Waals surface area (Å²) in [6.07, 6.45) is 5.91. The van der Waals surface area contributed by atoms with E-state index in [2.05, 4.69) is 0 Å². The van der Waals surface area contributed by atoms with Crippen LogP contribution in [-0.4, -0.2) is 30.9 Å². The Balaban J connectivity index is 0.00000128. The summed E-state index contributed by atoms with van der Waals surface area (Å²) in [6.45, 7) is -3.99. The summed E-state index contributed by atoms with van der Waals surface area (Å²) in [5, 5.41) is 0. The van der Waals surface area contributed by atoms with Gasteiger partial charge in [-0.15, -0.1) is 0 Å². The van der Waals surface area contributed by atoms with Crippen LogP contribution in [0.15, 0.2) is 0 Å². The van der Waals surface area contributed by atoms with Crippen molar-refractivity contribution in [3.05, 3.63) is 0 Å². The minimum atomic E-state index is -4.64. The van der Waals surface area contributed by atoms with Gasteiger partial charge in [0.05, 0.1) is 0 Å². The maximum atomic E-state index is 12.4. The second kappa shape index (κ2) is 6.57. The monoisotopic (exact) mass is 259 g/mol. The van der Waals surface area contributed by atoms with Crippen LogP contribution >= 0.6 is 0 Å². The van der Waals surface area contributed by atoms with Crippen LogP contribution in [-0.2, 0) is 0 Å². The Bertz CT molecular complexity index is 223. The van der Waals surface area contributed by atoms with Crippen LogP contribution in [0.3, 0.4) is 0 Å². The molecule has 2 fully saturated rings. The molecule has 2 rings (SSSR count). The molecule has 1 aliphatic heterocycles. The second-order valence-corrected chi connectivity index (χ2v) is 4.96. The SMILES string of the molecule is F[B-](F)(F)CN1CCC[C@@H]2CCCC[C@@H]21.[K+]. The van der Waals surface area contributed by atoms with E-state index < -0.39 is 13.4 Å². The third-order valence-corrected chi connectivity index (χ3v) is 3.80. The van der Waals surface area contributed by atoms with Gasteiger partial charge < -0.3 is 17.8 Å². The molecule has 0 aromatic rings. The fraction of sp³-hybridized carbons (Fsp3) is 1.00. The standard InChI is InChI=1S/C10H18BF3N.K/c12-11(13,14)8-15-7-3-5-9-4-1-2-6-10(9)15;/h9-10H,1-8H2;/q-1;+1/t9-,10-;/m0./s1. The third kappa shape index (κ3) is 4.28. The van der Waals surface area contributed by atoms with Crippen LogP contribution in [0.25, 0.3) is 0 Å². The third-order valence-electron chi connectivity index (χ3n) is 3.80. The van der Waals surface area contributed by atoms with Gasteiger partial charge in [0.1, 0.15) is 0 Å². The van der Waals surface area contributed by atoms with E-state index in [-0.39, 0.29) is 57.4 Å². The number of likely N-dealkylation sites (tertiary alicyclic amines) is 1. The van der Waals surface area contributed by atoms with Crippen molar-refractivity contribution in [2.24, 2.45) is 5.92 Å². The van der Waals surface area contributed by atoms with E-state index in [1.54, 1.807) is 4.90 Å². The number of hydrogen-bond donors (Lipinski definition) is 0. The van der Waals surface area contributed by atoms with Crippen molar-refractivity contribution < 1.29 is 64.3 Å². The minimum absolute atomic E-state index is 0. The first-order valence-electron chi connectivity index (χ1n) is 6.01. The van der Waals surface area contributed by atoms with E-state index in [0.717, 1.165) is 32.1 Å². The molecule has 0 unspecified atom stereocenters. The maximum Gasteiger partial charge on any atom is 1.00 e. The van der Waals surface area contributed by atoms with Crippen molar-refractivity contribution in [2.75, 3.05) is 13.0 Å². The molecule has 88 valence electrons. The van der Waals surface area contributed by atoms with Crippen molar-refractivity contribution >= 4 is 6.98 Å². The predicted octanol–water partition coefficient (Wildman–Crippen LogP) is 0.0316. The van der Waals surface area contributed by atoms with Crippen molar-refractivity contribution in [2.45, 2.75) is 44.6 Å². The maximum absolute atomic E-state index is 12.4. The molecule has 6 heteroatoms. The zero-order valence-electron chi connectivity index (χ0n) is 9.97. The fourth-order valence-electron chi connectivity index (χ4n) is 3.22. The number of piperidine rings is 1. The molecular formula is C10H18BF3KN. The summed E-state index contributed by atoms with van der Waals surface area (Å²) >= 11 is 0. The Labute approximate surface area is 138 Å². The minimum Gasteiger partial charge on any atom is -0.448 e. The Kier molecular flexibility index (Phi) is 6.37. The van der Waals surface area contributed by atoms with Crippen molar-refractivity contribution in [1.29, 1.82) is 0 Å². The van der Waals surface area contributed by atoms with Crippen molar-refractivity contribution in [3.8, 4) is 0 Å². The first kappa shape index (κ1) is 15.5. The van der Waals surface area contributed by atoms with Crippen LogP contribution in [0.1, 0.15) is 38.5 Å². The Morgan fingerprint density at radius 1 is 1.00 bits per heavy atom. The molecule has 1 saturated heterocycles. The van der Waals surface area contributed by atoms with Gasteiger partial charge in [-0.25, -0.2) is 0 Å². The Morgan fingerprint density at radius 2 is 1.62 bits per heavy atom. The van der Waals surface area contributed by atoms with Crippen LogP contribution < -0.4 is 51.4 Å². The summed E-state index contributed by atoms with van der Waals surface area (Å²) in [5.74, 6) is 0.547. The quantitative estimate of drug-likeness (QED) is 0.633.